The highest BCUT2D eigenvalue weighted by Gasteiger charge is 2.42. The van der Waals surface area contributed by atoms with E-state index in [1.165, 1.54) is 0 Å². The van der Waals surface area contributed by atoms with Crippen molar-refractivity contribution in [1.82, 2.24) is 10.2 Å². The lowest BCUT2D eigenvalue weighted by Gasteiger charge is -2.23. The number of nitrogens with one attached hydrogen (secondary N) is 2. The first-order valence-electron chi connectivity index (χ1n) is 7.55. The Balaban J connectivity index is 1.58. The van der Waals surface area contributed by atoms with Crippen LogP contribution in [0.2, 0.25) is 5.02 Å². The zero-order valence-corrected chi connectivity index (χ0v) is 13.3. The average Bonchev–Trinajstić information content (AvgIpc) is 2.99. The number of nitrogens with zero attached hydrogens (tertiary/aromatic N) is 1. The largest absolute Gasteiger partial charge is 0.325 e. The van der Waals surface area contributed by atoms with Gasteiger partial charge in [0.2, 0.25) is 5.91 Å². The maximum Gasteiger partial charge on any atom is 0.238 e. The van der Waals surface area contributed by atoms with Crippen molar-refractivity contribution in [3.8, 4) is 0 Å². The molecule has 21 heavy (non-hydrogen) atoms. The minimum Gasteiger partial charge on any atom is -0.325 e. The molecule has 2 fully saturated rings. The van der Waals surface area contributed by atoms with E-state index < -0.39 is 0 Å². The zero-order chi connectivity index (χ0) is 15.0. The van der Waals surface area contributed by atoms with E-state index in [-0.39, 0.29) is 5.91 Å². The Kier molecular flexibility index (Phi) is 4.20. The molecule has 1 amide bonds. The monoisotopic (exact) mass is 307 g/mol. The van der Waals surface area contributed by atoms with Gasteiger partial charge in [-0.1, -0.05) is 17.7 Å². The predicted molar refractivity (Wildman–Crippen MR) is 85.7 cm³/mol. The molecule has 2 aliphatic heterocycles. The third kappa shape index (κ3) is 3.07. The number of carbonyl (C=O) groups is 1. The standard InChI is InChI=1S/C16H22ClN3O/c1-10-3-4-13(5-15(10)17)19-16(21)9-20-8-12-6-18-7-14(12)11(20)2/h3-5,11-12,14,18H,6-9H2,1-2H3,(H,19,21). The summed E-state index contributed by atoms with van der Waals surface area (Å²) in [6.45, 7) is 7.82. The van der Waals surface area contributed by atoms with Crippen LogP contribution in [-0.4, -0.2) is 43.0 Å². The van der Waals surface area contributed by atoms with Gasteiger partial charge in [-0.25, -0.2) is 0 Å². The molecule has 5 heteroatoms. The number of carbonyl (C=O) groups excluding carboxylic acids is 1. The van der Waals surface area contributed by atoms with Crippen LogP contribution in [-0.2, 0) is 4.79 Å². The summed E-state index contributed by atoms with van der Waals surface area (Å²) in [4.78, 5) is 14.5. The second-order valence-electron chi connectivity index (χ2n) is 6.26. The van der Waals surface area contributed by atoms with Crippen molar-refractivity contribution in [3.05, 3.63) is 28.8 Å². The molecule has 2 heterocycles. The van der Waals surface area contributed by atoms with Crippen LogP contribution in [0.3, 0.4) is 0 Å². The quantitative estimate of drug-likeness (QED) is 0.899. The summed E-state index contributed by atoms with van der Waals surface area (Å²) in [7, 11) is 0. The lowest BCUT2D eigenvalue weighted by Crippen LogP contribution is -2.38. The predicted octanol–water partition coefficient (Wildman–Crippen LogP) is 2.13. The number of aryl methyl sites for hydroxylation is 1. The maximum absolute atomic E-state index is 12.2. The Morgan fingerprint density at radius 3 is 3.00 bits per heavy atom. The van der Waals surface area contributed by atoms with E-state index in [0.29, 0.717) is 29.4 Å². The van der Waals surface area contributed by atoms with Crippen molar-refractivity contribution >= 4 is 23.2 Å². The molecule has 114 valence electrons. The van der Waals surface area contributed by atoms with E-state index in [0.717, 1.165) is 30.9 Å². The van der Waals surface area contributed by atoms with Crippen molar-refractivity contribution < 1.29 is 4.79 Å². The normalized spacial score (nSPS) is 28.6. The van der Waals surface area contributed by atoms with Crippen molar-refractivity contribution in [1.29, 1.82) is 0 Å². The molecule has 4 nitrogen and oxygen atoms in total. The van der Waals surface area contributed by atoms with Crippen molar-refractivity contribution in [2.45, 2.75) is 19.9 Å². The van der Waals surface area contributed by atoms with Gasteiger partial charge in [-0.05, 0) is 56.5 Å². The van der Waals surface area contributed by atoms with Gasteiger partial charge < -0.3 is 10.6 Å². The summed E-state index contributed by atoms with van der Waals surface area (Å²) in [6, 6.07) is 6.09. The van der Waals surface area contributed by atoms with E-state index in [1.807, 2.05) is 19.1 Å². The summed E-state index contributed by atoms with van der Waals surface area (Å²) in [6.07, 6.45) is 0. The van der Waals surface area contributed by atoms with Gasteiger partial charge in [0.1, 0.15) is 0 Å². The van der Waals surface area contributed by atoms with Gasteiger partial charge in [-0.3, -0.25) is 9.69 Å². The summed E-state index contributed by atoms with van der Waals surface area (Å²) < 4.78 is 0. The molecule has 2 saturated heterocycles. The molecule has 1 aromatic rings. The minimum atomic E-state index is 0.0368. The van der Waals surface area contributed by atoms with Gasteiger partial charge >= 0.3 is 0 Å². The Hall–Kier alpha value is -1.10. The fourth-order valence-corrected chi connectivity index (χ4v) is 3.70. The van der Waals surface area contributed by atoms with Crippen LogP contribution in [0, 0.1) is 18.8 Å². The van der Waals surface area contributed by atoms with Gasteiger partial charge in [0, 0.05) is 23.3 Å². The topological polar surface area (TPSA) is 44.4 Å². The highest BCUT2D eigenvalue weighted by molar-refractivity contribution is 6.31. The van der Waals surface area contributed by atoms with E-state index in [9.17, 15) is 4.79 Å². The smallest absolute Gasteiger partial charge is 0.238 e. The van der Waals surface area contributed by atoms with Gasteiger partial charge in [-0.2, -0.15) is 0 Å². The molecule has 0 bridgehead atoms. The Labute approximate surface area is 130 Å². The fraction of sp³-hybridized carbons (Fsp3) is 0.562. The number of likely N-dealkylation sites (tertiary alicyclic amines) is 1. The first kappa shape index (κ1) is 14.8. The molecule has 0 spiro atoms. The van der Waals surface area contributed by atoms with Crippen molar-refractivity contribution in [3.63, 3.8) is 0 Å². The summed E-state index contributed by atoms with van der Waals surface area (Å²) >= 11 is 6.09. The fourth-order valence-electron chi connectivity index (χ4n) is 3.52. The summed E-state index contributed by atoms with van der Waals surface area (Å²) in [5, 5.41) is 7.06. The highest BCUT2D eigenvalue weighted by Crippen LogP contribution is 2.32. The van der Waals surface area contributed by atoms with Crippen LogP contribution >= 0.6 is 11.6 Å². The minimum absolute atomic E-state index is 0.0368. The second kappa shape index (κ2) is 5.95. The van der Waals surface area contributed by atoms with Crippen LogP contribution in [0.15, 0.2) is 18.2 Å². The van der Waals surface area contributed by atoms with Gasteiger partial charge in [0.15, 0.2) is 0 Å². The van der Waals surface area contributed by atoms with E-state index in [4.69, 9.17) is 11.6 Å². The summed E-state index contributed by atoms with van der Waals surface area (Å²) in [5.74, 6) is 1.42. The molecule has 3 rings (SSSR count). The van der Waals surface area contributed by atoms with Crippen molar-refractivity contribution in [2.24, 2.45) is 11.8 Å². The molecular formula is C16H22ClN3O. The molecule has 2 N–H and O–H groups in total. The first-order valence-corrected chi connectivity index (χ1v) is 7.93. The number of halogens is 1. The number of hydrogen-bond donors (Lipinski definition) is 2. The Bertz CT molecular complexity index is 548. The molecule has 0 saturated carbocycles. The Morgan fingerprint density at radius 2 is 2.29 bits per heavy atom. The molecule has 0 aliphatic carbocycles. The summed E-state index contributed by atoms with van der Waals surface area (Å²) in [5.41, 5.74) is 1.78. The third-order valence-electron chi connectivity index (χ3n) is 4.86. The molecule has 3 atom stereocenters. The Morgan fingerprint density at radius 1 is 1.48 bits per heavy atom. The van der Waals surface area contributed by atoms with Crippen molar-refractivity contribution in [2.75, 3.05) is 31.5 Å². The van der Waals surface area contributed by atoms with Crippen LogP contribution in [0.4, 0.5) is 5.69 Å². The number of amides is 1. The average molecular weight is 308 g/mol. The van der Waals surface area contributed by atoms with Crippen LogP contribution in [0.5, 0.6) is 0 Å². The number of benzene rings is 1. The molecule has 1 aromatic carbocycles. The number of hydrogen-bond acceptors (Lipinski definition) is 3. The zero-order valence-electron chi connectivity index (χ0n) is 12.5. The third-order valence-corrected chi connectivity index (χ3v) is 5.27. The van der Waals surface area contributed by atoms with Crippen LogP contribution < -0.4 is 10.6 Å². The SMILES string of the molecule is Cc1ccc(NC(=O)CN2CC3CNCC3C2C)cc1Cl. The molecule has 2 aliphatic rings. The van der Waals surface area contributed by atoms with E-state index in [2.05, 4.69) is 22.5 Å². The number of anilines is 1. The molecular weight excluding hydrogens is 286 g/mol. The maximum atomic E-state index is 12.2. The second-order valence-corrected chi connectivity index (χ2v) is 6.67. The van der Waals surface area contributed by atoms with Crippen LogP contribution in [0.1, 0.15) is 12.5 Å². The molecule has 3 unspecified atom stereocenters. The van der Waals surface area contributed by atoms with Gasteiger partial charge in [0.05, 0.1) is 6.54 Å². The van der Waals surface area contributed by atoms with Gasteiger partial charge in [0.25, 0.3) is 0 Å². The lowest BCUT2D eigenvalue weighted by molar-refractivity contribution is -0.117. The van der Waals surface area contributed by atoms with E-state index in [1.54, 1.807) is 6.07 Å². The molecule has 0 radical (unpaired) electrons. The molecule has 0 aromatic heterocycles. The van der Waals surface area contributed by atoms with E-state index >= 15 is 0 Å². The number of fused-ring (bicyclic) bond motifs is 1. The van der Waals surface area contributed by atoms with Crippen LogP contribution in [0.25, 0.3) is 0 Å². The first-order chi connectivity index (χ1) is 10.0. The lowest BCUT2D eigenvalue weighted by atomic mass is 9.95. The number of rotatable bonds is 3. The van der Waals surface area contributed by atoms with Gasteiger partial charge in [-0.15, -0.1) is 0 Å². The highest BCUT2D eigenvalue weighted by atomic mass is 35.5.